The number of furan rings is 2. The average molecular weight is 342 g/mol. The Morgan fingerprint density at radius 1 is 1.05 bits per heavy atom. The minimum Gasteiger partial charge on any atom is -0.472 e. The maximum absolute atomic E-state index is 5.47. The van der Waals surface area contributed by atoms with Crippen LogP contribution in [0.3, 0.4) is 0 Å². The van der Waals surface area contributed by atoms with Crippen molar-refractivity contribution in [3.8, 4) is 22.7 Å². The first-order valence-electron chi connectivity index (χ1n) is 6.21. The van der Waals surface area contributed by atoms with Crippen LogP contribution >= 0.6 is 15.9 Å². The molecule has 0 unspecified atom stereocenters. The molecule has 4 aromatic rings. The zero-order valence-electron chi connectivity index (χ0n) is 10.7. The number of pyridine rings is 1. The SMILES string of the molecule is Brc1cnc2nc(-c3ccoc3)c(-c3ccco3)nc2c1. The van der Waals surface area contributed by atoms with Gasteiger partial charge < -0.3 is 8.83 Å². The smallest absolute Gasteiger partial charge is 0.178 e. The molecule has 4 aromatic heterocycles. The van der Waals surface area contributed by atoms with Crippen molar-refractivity contribution in [2.75, 3.05) is 0 Å². The van der Waals surface area contributed by atoms with Gasteiger partial charge in [0.2, 0.25) is 0 Å². The van der Waals surface area contributed by atoms with Crippen molar-refractivity contribution in [2.45, 2.75) is 0 Å². The summed E-state index contributed by atoms with van der Waals surface area (Å²) >= 11 is 3.39. The second kappa shape index (κ2) is 4.82. The van der Waals surface area contributed by atoms with Gasteiger partial charge in [-0.2, -0.15) is 0 Å². The lowest BCUT2D eigenvalue weighted by molar-refractivity contribution is 0.568. The van der Waals surface area contributed by atoms with Crippen LogP contribution in [0, 0.1) is 0 Å². The molecule has 0 saturated carbocycles. The monoisotopic (exact) mass is 341 g/mol. The molecule has 0 radical (unpaired) electrons. The first kappa shape index (κ1) is 12.3. The number of rotatable bonds is 2. The molecule has 0 aliphatic carbocycles. The van der Waals surface area contributed by atoms with Gasteiger partial charge in [-0.15, -0.1) is 0 Å². The van der Waals surface area contributed by atoms with E-state index in [1.54, 1.807) is 25.0 Å². The predicted octanol–water partition coefficient (Wildman–Crippen LogP) is 4.31. The topological polar surface area (TPSA) is 65.0 Å². The van der Waals surface area contributed by atoms with Crippen molar-refractivity contribution in [3.05, 3.63) is 53.7 Å². The van der Waals surface area contributed by atoms with Crippen LogP contribution in [0.4, 0.5) is 0 Å². The summed E-state index contributed by atoms with van der Waals surface area (Å²) in [6.45, 7) is 0. The van der Waals surface area contributed by atoms with Gasteiger partial charge in [-0.05, 0) is 40.2 Å². The van der Waals surface area contributed by atoms with E-state index in [1.807, 2.05) is 24.3 Å². The van der Waals surface area contributed by atoms with Gasteiger partial charge in [0.15, 0.2) is 11.4 Å². The fourth-order valence-electron chi connectivity index (χ4n) is 2.11. The van der Waals surface area contributed by atoms with Crippen LogP contribution < -0.4 is 0 Å². The molecule has 0 aliphatic rings. The first-order chi connectivity index (χ1) is 10.3. The molecule has 5 nitrogen and oxygen atoms in total. The van der Waals surface area contributed by atoms with Crippen molar-refractivity contribution >= 4 is 27.1 Å². The first-order valence-corrected chi connectivity index (χ1v) is 7.00. The standard InChI is InChI=1S/C15H8BrN3O2/c16-10-6-11-15(17-7-10)19-13(9-3-5-20-8-9)14(18-11)12-2-1-4-21-12/h1-8H. The second-order valence-corrected chi connectivity index (χ2v) is 5.32. The third-order valence-electron chi connectivity index (χ3n) is 3.04. The summed E-state index contributed by atoms with van der Waals surface area (Å²) < 4.78 is 11.5. The molecule has 102 valence electrons. The molecule has 0 aliphatic heterocycles. The van der Waals surface area contributed by atoms with Crippen LogP contribution in [0.2, 0.25) is 0 Å². The molecule has 0 atom stereocenters. The van der Waals surface area contributed by atoms with Gasteiger partial charge in [0, 0.05) is 16.2 Å². The van der Waals surface area contributed by atoms with Crippen LogP contribution in [0.25, 0.3) is 33.9 Å². The van der Waals surface area contributed by atoms with E-state index in [0.717, 1.165) is 10.0 Å². The largest absolute Gasteiger partial charge is 0.472 e. The highest BCUT2D eigenvalue weighted by atomic mass is 79.9. The normalized spacial score (nSPS) is 11.1. The Morgan fingerprint density at radius 3 is 2.76 bits per heavy atom. The fourth-order valence-corrected chi connectivity index (χ4v) is 2.43. The Morgan fingerprint density at radius 2 is 2.00 bits per heavy atom. The Kier molecular flexibility index (Phi) is 2.82. The molecule has 0 spiro atoms. The number of aromatic nitrogens is 3. The summed E-state index contributed by atoms with van der Waals surface area (Å²) in [4.78, 5) is 13.5. The van der Waals surface area contributed by atoms with E-state index in [9.17, 15) is 0 Å². The van der Waals surface area contributed by atoms with E-state index in [0.29, 0.717) is 28.3 Å². The van der Waals surface area contributed by atoms with Crippen LogP contribution in [-0.4, -0.2) is 15.0 Å². The summed E-state index contributed by atoms with van der Waals surface area (Å²) in [6.07, 6.45) is 6.53. The van der Waals surface area contributed by atoms with Crippen molar-refractivity contribution in [1.29, 1.82) is 0 Å². The van der Waals surface area contributed by atoms with E-state index < -0.39 is 0 Å². The van der Waals surface area contributed by atoms with Gasteiger partial charge in [-0.1, -0.05) is 0 Å². The van der Waals surface area contributed by atoms with Crippen LogP contribution in [0.5, 0.6) is 0 Å². The maximum atomic E-state index is 5.47. The molecule has 0 aromatic carbocycles. The quantitative estimate of drug-likeness (QED) is 0.543. The molecular weight excluding hydrogens is 334 g/mol. The van der Waals surface area contributed by atoms with E-state index in [2.05, 4.69) is 30.9 Å². The van der Waals surface area contributed by atoms with E-state index in [1.165, 1.54) is 0 Å². The number of nitrogens with zero attached hydrogens (tertiary/aromatic N) is 3. The predicted molar refractivity (Wildman–Crippen MR) is 80.4 cm³/mol. The number of halogens is 1. The summed E-state index contributed by atoms with van der Waals surface area (Å²) in [5.41, 5.74) is 3.45. The molecule has 0 amide bonds. The molecule has 0 saturated heterocycles. The highest BCUT2D eigenvalue weighted by Gasteiger charge is 2.16. The zero-order valence-corrected chi connectivity index (χ0v) is 12.2. The lowest BCUT2D eigenvalue weighted by Gasteiger charge is -2.06. The average Bonchev–Trinajstić information content (AvgIpc) is 3.19. The van der Waals surface area contributed by atoms with Crippen LogP contribution in [0.1, 0.15) is 0 Å². The van der Waals surface area contributed by atoms with Gasteiger partial charge in [-0.3, -0.25) is 0 Å². The molecule has 21 heavy (non-hydrogen) atoms. The van der Waals surface area contributed by atoms with E-state index >= 15 is 0 Å². The molecular formula is C15H8BrN3O2. The Hall–Kier alpha value is -2.47. The summed E-state index contributed by atoms with van der Waals surface area (Å²) in [5.74, 6) is 0.653. The molecule has 0 N–H and O–H groups in total. The fraction of sp³-hybridized carbons (Fsp3) is 0. The van der Waals surface area contributed by atoms with Crippen molar-refractivity contribution in [2.24, 2.45) is 0 Å². The van der Waals surface area contributed by atoms with Gasteiger partial charge in [0.05, 0.1) is 18.8 Å². The van der Waals surface area contributed by atoms with Crippen LogP contribution in [0.15, 0.2) is 62.6 Å². The van der Waals surface area contributed by atoms with E-state index in [-0.39, 0.29) is 0 Å². The van der Waals surface area contributed by atoms with Crippen molar-refractivity contribution in [1.82, 2.24) is 15.0 Å². The van der Waals surface area contributed by atoms with E-state index in [4.69, 9.17) is 8.83 Å². The molecule has 4 rings (SSSR count). The minimum atomic E-state index is 0.574. The van der Waals surface area contributed by atoms with Crippen LogP contribution in [-0.2, 0) is 0 Å². The molecule has 6 heteroatoms. The molecule has 0 bridgehead atoms. The minimum absolute atomic E-state index is 0.574. The van der Waals surface area contributed by atoms with Crippen molar-refractivity contribution in [3.63, 3.8) is 0 Å². The summed E-state index contributed by atoms with van der Waals surface area (Å²) in [7, 11) is 0. The highest BCUT2D eigenvalue weighted by molar-refractivity contribution is 9.10. The zero-order chi connectivity index (χ0) is 14.2. The van der Waals surface area contributed by atoms with Gasteiger partial charge in [-0.25, -0.2) is 15.0 Å². The number of hydrogen-bond acceptors (Lipinski definition) is 5. The van der Waals surface area contributed by atoms with Crippen molar-refractivity contribution < 1.29 is 8.83 Å². The van der Waals surface area contributed by atoms with Gasteiger partial charge in [0.25, 0.3) is 0 Å². The summed E-state index contributed by atoms with van der Waals surface area (Å²) in [6, 6.07) is 7.38. The third kappa shape index (κ3) is 2.13. The number of hydrogen-bond donors (Lipinski definition) is 0. The Bertz CT molecular complexity index is 902. The third-order valence-corrected chi connectivity index (χ3v) is 3.47. The van der Waals surface area contributed by atoms with Gasteiger partial charge in [0.1, 0.15) is 16.9 Å². The molecule has 4 heterocycles. The number of fused-ring (bicyclic) bond motifs is 1. The summed E-state index contributed by atoms with van der Waals surface area (Å²) in [5, 5.41) is 0. The highest BCUT2D eigenvalue weighted by Crippen LogP contribution is 2.31. The lowest BCUT2D eigenvalue weighted by Crippen LogP contribution is -1.95. The maximum Gasteiger partial charge on any atom is 0.178 e. The Labute approximate surface area is 127 Å². The lowest BCUT2D eigenvalue weighted by atomic mass is 10.1. The Balaban J connectivity index is 2.05. The second-order valence-electron chi connectivity index (χ2n) is 4.41. The van der Waals surface area contributed by atoms with Gasteiger partial charge >= 0.3 is 0 Å². The molecule has 0 fully saturated rings.